The summed E-state index contributed by atoms with van der Waals surface area (Å²) in [5, 5.41) is 12.2. The topological polar surface area (TPSA) is 85.6 Å². The molecule has 7 nitrogen and oxygen atoms in total. The van der Waals surface area contributed by atoms with Crippen molar-refractivity contribution in [2.45, 2.75) is 20.8 Å². The Hall–Kier alpha value is -3.10. The van der Waals surface area contributed by atoms with Gasteiger partial charge in [-0.15, -0.1) is 5.10 Å². The Morgan fingerprint density at radius 1 is 1.14 bits per heavy atom. The molecule has 4 rings (SSSR count). The van der Waals surface area contributed by atoms with Crippen molar-refractivity contribution in [3.8, 4) is 17.2 Å². The van der Waals surface area contributed by atoms with Gasteiger partial charge in [0.2, 0.25) is 5.13 Å². The molecule has 2 aromatic heterocycles. The van der Waals surface area contributed by atoms with Crippen LogP contribution in [-0.2, 0) is 0 Å². The summed E-state index contributed by atoms with van der Waals surface area (Å²) in [6, 6.07) is 12.9. The molecule has 0 aliphatic carbocycles. The number of hydrogen-bond acceptors (Lipinski definition) is 6. The zero-order chi connectivity index (χ0) is 20.5. The van der Waals surface area contributed by atoms with Crippen LogP contribution in [0, 0.1) is 20.8 Å². The predicted molar refractivity (Wildman–Crippen MR) is 114 cm³/mol. The second-order valence-electron chi connectivity index (χ2n) is 6.61. The Bertz CT molecular complexity index is 1220. The Balaban J connectivity index is 1.60. The molecule has 0 atom stereocenters. The molecule has 2 heterocycles. The van der Waals surface area contributed by atoms with Crippen LogP contribution in [0.25, 0.3) is 17.2 Å². The van der Waals surface area contributed by atoms with E-state index in [0.717, 1.165) is 34.0 Å². The number of aryl methyl sites for hydroxylation is 2. The van der Waals surface area contributed by atoms with Crippen LogP contribution in [-0.4, -0.2) is 30.3 Å². The van der Waals surface area contributed by atoms with E-state index >= 15 is 0 Å². The van der Waals surface area contributed by atoms with Gasteiger partial charge < -0.3 is 0 Å². The molecule has 0 fully saturated rings. The van der Waals surface area contributed by atoms with Crippen molar-refractivity contribution in [2.24, 2.45) is 0 Å². The highest BCUT2D eigenvalue weighted by molar-refractivity contribution is 7.10. The van der Waals surface area contributed by atoms with Crippen LogP contribution in [0.4, 0.5) is 5.13 Å². The van der Waals surface area contributed by atoms with Crippen LogP contribution in [0.3, 0.4) is 0 Å². The van der Waals surface area contributed by atoms with Crippen LogP contribution in [0.5, 0.6) is 0 Å². The van der Waals surface area contributed by atoms with E-state index in [9.17, 15) is 4.79 Å². The first-order chi connectivity index (χ1) is 13.9. The quantitative estimate of drug-likeness (QED) is 0.516. The zero-order valence-corrected chi connectivity index (χ0v) is 17.5. The molecule has 9 heteroatoms. The first kappa shape index (κ1) is 19.2. The summed E-state index contributed by atoms with van der Waals surface area (Å²) in [6.45, 7) is 5.98. The fourth-order valence-corrected chi connectivity index (χ4v) is 3.64. The van der Waals surface area contributed by atoms with Crippen LogP contribution in [0.15, 0.2) is 42.5 Å². The number of nitrogens with one attached hydrogen (secondary N) is 1. The van der Waals surface area contributed by atoms with Crippen molar-refractivity contribution < 1.29 is 4.79 Å². The van der Waals surface area contributed by atoms with Gasteiger partial charge in [-0.05, 0) is 56.2 Å². The highest BCUT2D eigenvalue weighted by Crippen LogP contribution is 2.25. The molecule has 4 aromatic rings. The Labute approximate surface area is 176 Å². The minimum absolute atomic E-state index is 0.300. The highest BCUT2D eigenvalue weighted by atomic mass is 35.5. The molecule has 1 N–H and O–H groups in total. The number of carbonyl (C=O) groups is 1. The molecule has 0 saturated carbocycles. The van der Waals surface area contributed by atoms with Gasteiger partial charge in [0.15, 0.2) is 11.5 Å². The summed E-state index contributed by atoms with van der Waals surface area (Å²) < 4.78 is 6.11. The van der Waals surface area contributed by atoms with E-state index in [1.165, 1.54) is 0 Å². The molecule has 0 spiro atoms. The summed E-state index contributed by atoms with van der Waals surface area (Å²) in [5.41, 5.74) is 5.04. The van der Waals surface area contributed by atoms with E-state index in [1.807, 2.05) is 20.8 Å². The third-order valence-corrected chi connectivity index (χ3v) is 5.30. The molecule has 1 amide bonds. The Kier molecular flexibility index (Phi) is 5.12. The lowest BCUT2D eigenvalue weighted by atomic mass is 10.1. The first-order valence-corrected chi connectivity index (χ1v) is 9.98. The average Bonchev–Trinajstić information content (AvgIpc) is 3.30. The third kappa shape index (κ3) is 3.90. The lowest BCUT2D eigenvalue weighted by Gasteiger charge is -2.08. The van der Waals surface area contributed by atoms with Gasteiger partial charge in [-0.1, -0.05) is 35.0 Å². The number of benzene rings is 2. The standard InChI is InChI=1S/C20H17ClN6OS/c1-11-7-8-12(2)16(9-11)27-13(3)17(24-26-27)18-22-20(29-25-18)23-19(28)14-5-4-6-15(21)10-14/h4-10H,1-3H3,(H,22,23,25,28). The van der Waals surface area contributed by atoms with Crippen molar-refractivity contribution >= 4 is 34.2 Å². The van der Waals surface area contributed by atoms with E-state index in [4.69, 9.17) is 11.6 Å². The maximum Gasteiger partial charge on any atom is 0.257 e. The highest BCUT2D eigenvalue weighted by Gasteiger charge is 2.18. The summed E-state index contributed by atoms with van der Waals surface area (Å²) in [7, 11) is 0. The van der Waals surface area contributed by atoms with Gasteiger partial charge in [0.25, 0.3) is 5.91 Å². The normalized spacial score (nSPS) is 10.9. The largest absolute Gasteiger partial charge is 0.297 e. The molecular formula is C20H17ClN6OS. The maximum atomic E-state index is 12.4. The summed E-state index contributed by atoms with van der Waals surface area (Å²) >= 11 is 7.03. The number of nitrogens with zero attached hydrogens (tertiary/aromatic N) is 5. The zero-order valence-electron chi connectivity index (χ0n) is 16.0. The number of anilines is 1. The van der Waals surface area contributed by atoms with E-state index in [0.29, 0.717) is 27.2 Å². The van der Waals surface area contributed by atoms with Gasteiger partial charge in [-0.25, -0.2) is 4.68 Å². The Morgan fingerprint density at radius 3 is 2.76 bits per heavy atom. The van der Waals surface area contributed by atoms with E-state index in [1.54, 1.807) is 28.9 Å². The van der Waals surface area contributed by atoms with Gasteiger partial charge in [-0.2, -0.15) is 9.36 Å². The second kappa shape index (κ2) is 7.73. The molecule has 29 heavy (non-hydrogen) atoms. The molecule has 2 aromatic carbocycles. The van der Waals surface area contributed by atoms with E-state index in [-0.39, 0.29) is 5.91 Å². The SMILES string of the molecule is Cc1ccc(C)c(-n2nnc(-c3nsc(NC(=O)c4cccc(Cl)c4)n3)c2C)c1. The van der Waals surface area contributed by atoms with Crippen molar-refractivity contribution in [3.63, 3.8) is 0 Å². The van der Waals surface area contributed by atoms with Gasteiger partial charge in [-0.3, -0.25) is 10.1 Å². The van der Waals surface area contributed by atoms with E-state index in [2.05, 4.69) is 43.2 Å². The monoisotopic (exact) mass is 424 g/mol. The van der Waals surface area contributed by atoms with Gasteiger partial charge in [0.05, 0.1) is 11.4 Å². The molecule has 0 aliphatic heterocycles. The van der Waals surface area contributed by atoms with Gasteiger partial charge in [0.1, 0.15) is 0 Å². The van der Waals surface area contributed by atoms with Gasteiger partial charge >= 0.3 is 0 Å². The molecule has 146 valence electrons. The molecule has 0 saturated heterocycles. The molecule has 0 bridgehead atoms. The molecule has 0 radical (unpaired) electrons. The number of amides is 1. The predicted octanol–water partition coefficient (Wildman–Crippen LogP) is 4.62. The molecular weight excluding hydrogens is 408 g/mol. The summed E-state index contributed by atoms with van der Waals surface area (Å²) in [4.78, 5) is 16.8. The van der Waals surface area contributed by atoms with Crippen molar-refractivity contribution in [1.29, 1.82) is 0 Å². The van der Waals surface area contributed by atoms with Crippen molar-refractivity contribution in [1.82, 2.24) is 24.4 Å². The average molecular weight is 425 g/mol. The van der Waals surface area contributed by atoms with Crippen LogP contribution < -0.4 is 5.32 Å². The lowest BCUT2D eigenvalue weighted by molar-refractivity contribution is 0.102. The van der Waals surface area contributed by atoms with Gasteiger partial charge in [0, 0.05) is 22.1 Å². The van der Waals surface area contributed by atoms with Crippen molar-refractivity contribution in [2.75, 3.05) is 5.32 Å². The minimum Gasteiger partial charge on any atom is -0.297 e. The third-order valence-electron chi connectivity index (χ3n) is 4.43. The molecule has 0 unspecified atom stereocenters. The summed E-state index contributed by atoms with van der Waals surface area (Å²) in [5.74, 6) is 0.122. The number of hydrogen-bond donors (Lipinski definition) is 1. The lowest BCUT2D eigenvalue weighted by Crippen LogP contribution is -2.11. The summed E-state index contributed by atoms with van der Waals surface area (Å²) in [6.07, 6.45) is 0. The number of carbonyl (C=O) groups excluding carboxylic acids is 1. The van der Waals surface area contributed by atoms with Crippen LogP contribution in [0.1, 0.15) is 27.2 Å². The van der Waals surface area contributed by atoms with E-state index < -0.39 is 0 Å². The second-order valence-corrected chi connectivity index (χ2v) is 7.80. The smallest absolute Gasteiger partial charge is 0.257 e. The van der Waals surface area contributed by atoms with Crippen molar-refractivity contribution in [3.05, 3.63) is 69.9 Å². The number of halogens is 1. The maximum absolute atomic E-state index is 12.4. The van der Waals surface area contributed by atoms with Crippen LogP contribution in [0.2, 0.25) is 5.02 Å². The fourth-order valence-electron chi connectivity index (χ4n) is 2.88. The number of aromatic nitrogens is 5. The first-order valence-electron chi connectivity index (χ1n) is 8.83. The minimum atomic E-state index is -0.300. The molecule has 0 aliphatic rings. The van der Waals surface area contributed by atoms with Crippen LogP contribution >= 0.6 is 23.1 Å². The Morgan fingerprint density at radius 2 is 1.97 bits per heavy atom. The fraction of sp³-hybridized carbons (Fsp3) is 0.150. The number of rotatable bonds is 4.